The highest BCUT2D eigenvalue weighted by Gasteiger charge is 2.36. The standard InChI is InChI=1S/C27H33FN4O3S/c1-35-23-7-5-6-20(18-23)25(33)30-24(26(34)31-14-3-2-4-15-31)19-12-16-32(17-13-19)27(36)29-22-10-8-21(28)9-11-22/h5-11,18-19,24H,2-4,12-17H2,1H3,(H,29,36)(H,30,33)/t24-/m1/s1. The molecule has 2 heterocycles. The molecule has 2 aromatic carbocycles. The minimum absolute atomic E-state index is 0.00106. The molecule has 0 aliphatic carbocycles. The van der Waals surface area contributed by atoms with Crippen LogP contribution in [0.25, 0.3) is 0 Å². The van der Waals surface area contributed by atoms with Crippen molar-refractivity contribution in [2.24, 2.45) is 5.92 Å². The Labute approximate surface area is 217 Å². The zero-order valence-corrected chi connectivity index (χ0v) is 21.4. The molecule has 2 N–H and O–H groups in total. The summed E-state index contributed by atoms with van der Waals surface area (Å²) in [5.74, 6) is 0.0141. The number of benzene rings is 2. The number of likely N-dealkylation sites (tertiary alicyclic amines) is 2. The summed E-state index contributed by atoms with van der Waals surface area (Å²) in [4.78, 5) is 30.7. The number of piperidine rings is 2. The Morgan fingerprint density at radius 3 is 2.36 bits per heavy atom. The van der Waals surface area contributed by atoms with E-state index >= 15 is 0 Å². The third-order valence-electron chi connectivity index (χ3n) is 6.95. The van der Waals surface area contributed by atoms with Crippen molar-refractivity contribution in [3.05, 3.63) is 59.9 Å². The fraction of sp³-hybridized carbons (Fsp3) is 0.444. The van der Waals surface area contributed by atoms with Crippen LogP contribution in [0.3, 0.4) is 0 Å². The van der Waals surface area contributed by atoms with Gasteiger partial charge in [0.05, 0.1) is 7.11 Å². The van der Waals surface area contributed by atoms with Crippen LogP contribution in [0.2, 0.25) is 0 Å². The van der Waals surface area contributed by atoms with Gasteiger partial charge in [0, 0.05) is 37.4 Å². The molecular formula is C27H33FN4O3S. The maximum absolute atomic E-state index is 13.6. The maximum atomic E-state index is 13.6. The van der Waals surface area contributed by atoms with E-state index in [0.717, 1.165) is 38.0 Å². The van der Waals surface area contributed by atoms with Crippen molar-refractivity contribution in [3.63, 3.8) is 0 Å². The van der Waals surface area contributed by atoms with Crippen LogP contribution < -0.4 is 15.4 Å². The Morgan fingerprint density at radius 1 is 1.00 bits per heavy atom. The summed E-state index contributed by atoms with van der Waals surface area (Å²) in [5.41, 5.74) is 1.19. The van der Waals surface area contributed by atoms with Gasteiger partial charge in [-0.1, -0.05) is 6.07 Å². The van der Waals surface area contributed by atoms with Gasteiger partial charge < -0.3 is 25.2 Å². The van der Waals surface area contributed by atoms with E-state index in [1.54, 1.807) is 43.5 Å². The first-order chi connectivity index (χ1) is 17.4. The average molecular weight is 513 g/mol. The van der Waals surface area contributed by atoms with E-state index in [4.69, 9.17) is 17.0 Å². The van der Waals surface area contributed by atoms with E-state index in [1.165, 1.54) is 12.1 Å². The molecule has 7 nitrogen and oxygen atoms in total. The van der Waals surface area contributed by atoms with Gasteiger partial charge in [0.2, 0.25) is 5.91 Å². The van der Waals surface area contributed by atoms with Gasteiger partial charge in [-0.05, 0) is 92.7 Å². The molecule has 2 aliphatic heterocycles. The molecule has 0 saturated carbocycles. The minimum Gasteiger partial charge on any atom is -0.497 e. The van der Waals surface area contributed by atoms with Gasteiger partial charge in [-0.25, -0.2) is 4.39 Å². The number of amides is 2. The van der Waals surface area contributed by atoms with Crippen LogP contribution in [0.1, 0.15) is 42.5 Å². The topological polar surface area (TPSA) is 73.9 Å². The summed E-state index contributed by atoms with van der Waals surface area (Å²) < 4.78 is 18.4. The molecule has 36 heavy (non-hydrogen) atoms. The zero-order chi connectivity index (χ0) is 25.5. The van der Waals surface area contributed by atoms with Gasteiger partial charge in [-0.2, -0.15) is 0 Å². The van der Waals surface area contributed by atoms with Gasteiger partial charge in [0.25, 0.3) is 5.91 Å². The highest BCUT2D eigenvalue weighted by atomic mass is 32.1. The van der Waals surface area contributed by atoms with Gasteiger partial charge in [-0.15, -0.1) is 0 Å². The summed E-state index contributed by atoms with van der Waals surface area (Å²) in [7, 11) is 1.56. The fourth-order valence-electron chi connectivity index (χ4n) is 4.85. The number of nitrogens with one attached hydrogen (secondary N) is 2. The van der Waals surface area contributed by atoms with Crippen molar-refractivity contribution in [1.29, 1.82) is 0 Å². The van der Waals surface area contributed by atoms with E-state index in [2.05, 4.69) is 15.5 Å². The molecule has 2 aliphatic rings. The lowest BCUT2D eigenvalue weighted by atomic mass is 9.88. The smallest absolute Gasteiger partial charge is 0.252 e. The second-order valence-electron chi connectivity index (χ2n) is 9.33. The molecule has 2 fully saturated rings. The maximum Gasteiger partial charge on any atom is 0.252 e. The predicted molar refractivity (Wildman–Crippen MR) is 142 cm³/mol. The van der Waals surface area contributed by atoms with Crippen molar-refractivity contribution in [1.82, 2.24) is 15.1 Å². The van der Waals surface area contributed by atoms with Crippen molar-refractivity contribution < 1.29 is 18.7 Å². The number of methoxy groups -OCH3 is 1. The first-order valence-corrected chi connectivity index (χ1v) is 12.9. The highest BCUT2D eigenvalue weighted by Crippen LogP contribution is 2.25. The molecule has 0 bridgehead atoms. The first kappa shape index (κ1) is 25.9. The molecule has 1 atom stereocenters. The molecule has 0 unspecified atom stereocenters. The summed E-state index contributed by atoms with van der Waals surface area (Å²) in [6.07, 6.45) is 4.54. The van der Waals surface area contributed by atoms with Crippen LogP contribution in [0, 0.1) is 11.7 Å². The molecule has 2 saturated heterocycles. The summed E-state index contributed by atoms with van der Waals surface area (Å²) in [5, 5.41) is 6.78. The van der Waals surface area contributed by atoms with Crippen LogP contribution in [-0.2, 0) is 4.79 Å². The number of carbonyl (C=O) groups is 2. The predicted octanol–water partition coefficient (Wildman–Crippen LogP) is 4.05. The summed E-state index contributed by atoms with van der Waals surface area (Å²) >= 11 is 5.57. The lowest BCUT2D eigenvalue weighted by Gasteiger charge is -2.39. The van der Waals surface area contributed by atoms with Gasteiger partial charge in [0.1, 0.15) is 17.6 Å². The van der Waals surface area contributed by atoms with Crippen molar-refractivity contribution in [2.45, 2.75) is 38.1 Å². The van der Waals surface area contributed by atoms with Crippen LogP contribution in [0.4, 0.5) is 10.1 Å². The summed E-state index contributed by atoms with van der Waals surface area (Å²) in [6, 6.07) is 12.4. The molecule has 2 amide bonds. The monoisotopic (exact) mass is 512 g/mol. The number of rotatable bonds is 6. The number of halogens is 1. The molecule has 0 radical (unpaired) electrons. The number of ether oxygens (including phenoxy) is 1. The van der Waals surface area contributed by atoms with Crippen LogP contribution in [-0.4, -0.2) is 66.1 Å². The number of thiocarbonyl (C=S) groups is 1. The second kappa shape index (κ2) is 12.2. The Morgan fingerprint density at radius 2 is 1.69 bits per heavy atom. The fourth-order valence-corrected chi connectivity index (χ4v) is 5.15. The molecule has 2 aromatic rings. The van der Waals surface area contributed by atoms with Crippen LogP contribution >= 0.6 is 12.2 Å². The minimum atomic E-state index is -0.595. The van der Waals surface area contributed by atoms with Crippen LogP contribution in [0.5, 0.6) is 5.75 Å². The van der Waals surface area contributed by atoms with Crippen molar-refractivity contribution in [3.8, 4) is 5.75 Å². The van der Waals surface area contributed by atoms with Crippen molar-refractivity contribution in [2.75, 3.05) is 38.6 Å². The van der Waals surface area contributed by atoms with Crippen LogP contribution in [0.15, 0.2) is 48.5 Å². The van der Waals surface area contributed by atoms with E-state index in [9.17, 15) is 14.0 Å². The molecule has 9 heteroatoms. The first-order valence-electron chi connectivity index (χ1n) is 12.5. The van der Waals surface area contributed by atoms with E-state index in [1.807, 2.05) is 4.90 Å². The molecule has 0 aromatic heterocycles. The van der Waals surface area contributed by atoms with Gasteiger partial charge >= 0.3 is 0 Å². The second-order valence-corrected chi connectivity index (χ2v) is 9.72. The molecular weight excluding hydrogens is 479 g/mol. The normalized spacial score (nSPS) is 17.3. The lowest BCUT2D eigenvalue weighted by Crippen LogP contribution is -2.55. The van der Waals surface area contributed by atoms with Crippen molar-refractivity contribution >= 4 is 34.8 Å². The number of nitrogens with zero attached hydrogens (tertiary/aromatic N) is 2. The summed E-state index contributed by atoms with van der Waals surface area (Å²) in [6.45, 7) is 2.79. The van der Waals surface area contributed by atoms with Gasteiger partial charge in [0.15, 0.2) is 5.11 Å². The Hall–Kier alpha value is -3.20. The van der Waals surface area contributed by atoms with E-state index in [0.29, 0.717) is 42.4 Å². The number of hydrogen-bond donors (Lipinski definition) is 2. The zero-order valence-electron chi connectivity index (χ0n) is 20.5. The molecule has 4 rings (SSSR count). The quantitative estimate of drug-likeness (QED) is 0.569. The van der Waals surface area contributed by atoms with Gasteiger partial charge in [-0.3, -0.25) is 9.59 Å². The lowest BCUT2D eigenvalue weighted by molar-refractivity contribution is -0.136. The average Bonchev–Trinajstić information content (AvgIpc) is 2.93. The Balaban J connectivity index is 1.42. The number of carbonyl (C=O) groups excluding carboxylic acids is 2. The number of anilines is 1. The Kier molecular flexibility index (Phi) is 8.74. The molecule has 192 valence electrons. The third-order valence-corrected chi connectivity index (χ3v) is 7.31. The number of hydrogen-bond acceptors (Lipinski definition) is 4. The largest absolute Gasteiger partial charge is 0.497 e. The molecule has 0 spiro atoms. The Bertz CT molecular complexity index is 1070. The third kappa shape index (κ3) is 6.51. The SMILES string of the molecule is COc1cccc(C(=O)N[C@@H](C(=O)N2CCCCC2)C2CCN(C(=S)Nc3ccc(F)cc3)CC2)c1. The van der Waals surface area contributed by atoms with E-state index < -0.39 is 6.04 Å². The van der Waals surface area contributed by atoms with E-state index in [-0.39, 0.29) is 23.5 Å². The highest BCUT2D eigenvalue weighted by molar-refractivity contribution is 7.80.